The summed E-state index contributed by atoms with van der Waals surface area (Å²) in [7, 11) is 0. The van der Waals surface area contributed by atoms with Crippen molar-refractivity contribution < 1.29 is 9.90 Å². The van der Waals surface area contributed by atoms with Crippen molar-refractivity contribution in [3.05, 3.63) is 23.2 Å². The Kier molecular flexibility index (Phi) is 4.63. The molecule has 1 aliphatic rings. The van der Waals surface area contributed by atoms with Crippen LogP contribution in [0.4, 0.5) is 11.4 Å². The van der Waals surface area contributed by atoms with E-state index in [2.05, 4.69) is 5.32 Å². The number of aliphatic hydroxyl groups is 1. The molecular formula is C13H18ClN3O2. The van der Waals surface area contributed by atoms with Crippen LogP contribution in [0.1, 0.15) is 12.8 Å². The van der Waals surface area contributed by atoms with Gasteiger partial charge in [0.2, 0.25) is 5.91 Å². The first kappa shape index (κ1) is 14.1. The van der Waals surface area contributed by atoms with Gasteiger partial charge >= 0.3 is 0 Å². The number of β-amino-alcohol motifs (C(OH)–C–C–N with tert-alkyl or cyclic N) is 1. The maximum absolute atomic E-state index is 11.9. The molecule has 1 atom stereocenters. The second-order valence-electron chi connectivity index (χ2n) is 4.82. The zero-order valence-corrected chi connectivity index (χ0v) is 11.4. The lowest BCUT2D eigenvalue weighted by Gasteiger charge is -2.29. The van der Waals surface area contributed by atoms with Crippen molar-refractivity contribution in [1.82, 2.24) is 4.90 Å². The predicted molar refractivity (Wildman–Crippen MR) is 76.2 cm³/mol. The zero-order chi connectivity index (χ0) is 13.8. The number of amides is 1. The van der Waals surface area contributed by atoms with Crippen LogP contribution in [0, 0.1) is 0 Å². The van der Waals surface area contributed by atoms with Gasteiger partial charge in [0.25, 0.3) is 0 Å². The number of nitrogen functional groups attached to an aromatic ring is 1. The van der Waals surface area contributed by atoms with E-state index >= 15 is 0 Å². The number of hydrogen-bond donors (Lipinski definition) is 3. The van der Waals surface area contributed by atoms with E-state index in [1.54, 1.807) is 18.2 Å². The molecule has 1 amide bonds. The van der Waals surface area contributed by atoms with Gasteiger partial charge in [0.05, 0.1) is 23.4 Å². The topological polar surface area (TPSA) is 78.6 Å². The molecule has 0 bridgehead atoms. The molecule has 1 saturated heterocycles. The highest BCUT2D eigenvalue weighted by Gasteiger charge is 2.19. The quantitative estimate of drug-likeness (QED) is 0.731. The van der Waals surface area contributed by atoms with Gasteiger partial charge in [-0.15, -0.1) is 0 Å². The van der Waals surface area contributed by atoms with E-state index in [0.29, 0.717) is 22.9 Å². The number of rotatable bonds is 3. The summed E-state index contributed by atoms with van der Waals surface area (Å²) in [6.07, 6.45) is 1.39. The van der Waals surface area contributed by atoms with Crippen molar-refractivity contribution in [3.63, 3.8) is 0 Å². The minimum absolute atomic E-state index is 0.138. The van der Waals surface area contributed by atoms with E-state index in [-0.39, 0.29) is 18.6 Å². The third-order valence-corrected chi connectivity index (χ3v) is 3.43. The van der Waals surface area contributed by atoms with E-state index < -0.39 is 0 Å². The molecule has 0 aliphatic carbocycles. The maximum Gasteiger partial charge on any atom is 0.238 e. The summed E-state index contributed by atoms with van der Waals surface area (Å²) in [6.45, 7) is 1.64. The van der Waals surface area contributed by atoms with Crippen LogP contribution in [0.3, 0.4) is 0 Å². The second kappa shape index (κ2) is 6.23. The number of likely N-dealkylation sites (tertiary alicyclic amines) is 1. The molecule has 4 N–H and O–H groups in total. The van der Waals surface area contributed by atoms with Crippen LogP contribution in [0.5, 0.6) is 0 Å². The van der Waals surface area contributed by atoms with Crippen molar-refractivity contribution in [2.24, 2.45) is 0 Å². The molecule has 19 heavy (non-hydrogen) atoms. The molecule has 1 aromatic carbocycles. The molecule has 5 nitrogen and oxygen atoms in total. The van der Waals surface area contributed by atoms with Crippen LogP contribution < -0.4 is 11.1 Å². The van der Waals surface area contributed by atoms with Gasteiger partial charge in [-0.2, -0.15) is 0 Å². The molecule has 1 aromatic rings. The van der Waals surface area contributed by atoms with Gasteiger partial charge in [0.15, 0.2) is 0 Å². The van der Waals surface area contributed by atoms with Crippen molar-refractivity contribution >= 4 is 28.9 Å². The Morgan fingerprint density at radius 1 is 1.58 bits per heavy atom. The number of carbonyl (C=O) groups excluding carboxylic acids is 1. The smallest absolute Gasteiger partial charge is 0.238 e. The van der Waals surface area contributed by atoms with Gasteiger partial charge in [0.1, 0.15) is 0 Å². The van der Waals surface area contributed by atoms with E-state index in [1.807, 2.05) is 4.90 Å². The van der Waals surface area contributed by atoms with E-state index in [0.717, 1.165) is 19.4 Å². The van der Waals surface area contributed by atoms with E-state index in [9.17, 15) is 9.90 Å². The van der Waals surface area contributed by atoms with E-state index in [4.69, 9.17) is 17.3 Å². The second-order valence-corrected chi connectivity index (χ2v) is 5.23. The van der Waals surface area contributed by atoms with Crippen LogP contribution >= 0.6 is 11.6 Å². The Labute approximate surface area is 117 Å². The van der Waals surface area contributed by atoms with Crippen molar-refractivity contribution in [2.75, 3.05) is 30.7 Å². The summed E-state index contributed by atoms with van der Waals surface area (Å²) >= 11 is 5.99. The van der Waals surface area contributed by atoms with Crippen LogP contribution in [0.2, 0.25) is 5.02 Å². The lowest BCUT2D eigenvalue weighted by molar-refractivity contribution is -0.118. The molecule has 1 heterocycles. The Balaban J connectivity index is 1.90. The number of anilines is 2. The molecule has 2 rings (SSSR count). The first-order valence-electron chi connectivity index (χ1n) is 6.30. The number of aliphatic hydroxyl groups excluding tert-OH is 1. The van der Waals surface area contributed by atoms with Crippen molar-refractivity contribution in [1.29, 1.82) is 0 Å². The van der Waals surface area contributed by atoms with Gasteiger partial charge in [-0.3, -0.25) is 9.69 Å². The molecule has 0 saturated carbocycles. The van der Waals surface area contributed by atoms with Crippen molar-refractivity contribution in [3.8, 4) is 0 Å². The number of benzene rings is 1. The molecule has 0 radical (unpaired) electrons. The molecular weight excluding hydrogens is 266 g/mol. The zero-order valence-electron chi connectivity index (χ0n) is 10.6. The lowest BCUT2D eigenvalue weighted by Crippen LogP contribution is -2.42. The van der Waals surface area contributed by atoms with Gasteiger partial charge in [-0.05, 0) is 37.6 Å². The van der Waals surface area contributed by atoms with Gasteiger partial charge < -0.3 is 16.2 Å². The van der Waals surface area contributed by atoms with Crippen LogP contribution in [-0.2, 0) is 4.79 Å². The number of hydrogen-bond acceptors (Lipinski definition) is 4. The Morgan fingerprint density at radius 3 is 3.05 bits per heavy atom. The van der Waals surface area contributed by atoms with E-state index in [1.165, 1.54) is 0 Å². The highest BCUT2D eigenvalue weighted by Crippen LogP contribution is 2.24. The maximum atomic E-state index is 11.9. The van der Waals surface area contributed by atoms with Crippen LogP contribution in [0.25, 0.3) is 0 Å². The Morgan fingerprint density at radius 2 is 2.37 bits per heavy atom. The Bertz CT molecular complexity index is 467. The third kappa shape index (κ3) is 4.09. The van der Waals surface area contributed by atoms with Gasteiger partial charge in [-0.25, -0.2) is 0 Å². The standard InChI is InChI=1S/C13H18ClN3O2/c14-11-6-9(15)3-4-12(11)16-13(19)8-17-5-1-2-10(18)7-17/h3-4,6,10,18H,1-2,5,7-8,15H2,(H,16,19). The fourth-order valence-corrected chi connectivity index (χ4v) is 2.44. The fourth-order valence-electron chi connectivity index (χ4n) is 2.20. The molecule has 1 fully saturated rings. The highest BCUT2D eigenvalue weighted by atomic mass is 35.5. The van der Waals surface area contributed by atoms with Crippen LogP contribution in [-0.4, -0.2) is 41.7 Å². The summed E-state index contributed by atoms with van der Waals surface area (Å²) in [5.41, 5.74) is 6.70. The summed E-state index contributed by atoms with van der Waals surface area (Å²) in [5.74, 6) is -0.138. The number of carbonyl (C=O) groups is 1. The predicted octanol–water partition coefficient (Wildman–Crippen LogP) is 1.32. The lowest BCUT2D eigenvalue weighted by atomic mass is 10.1. The molecule has 0 aromatic heterocycles. The molecule has 0 spiro atoms. The summed E-state index contributed by atoms with van der Waals surface area (Å²) in [6, 6.07) is 4.97. The van der Waals surface area contributed by atoms with Crippen molar-refractivity contribution in [2.45, 2.75) is 18.9 Å². The molecule has 6 heteroatoms. The summed E-state index contributed by atoms with van der Waals surface area (Å²) in [4.78, 5) is 13.8. The largest absolute Gasteiger partial charge is 0.399 e. The van der Waals surface area contributed by atoms with Gasteiger partial charge in [0, 0.05) is 12.2 Å². The molecule has 104 valence electrons. The first-order chi connectivity index (χ1) is 9.04. The average Bonchev–Trinajstić information content (AvgIpc) is 2.33. The first-order valence-corrected chi connectivity index (χ1v) is 6.67. The highest BCUT2D eigenvalue weighted by molar-refractivity contribution is 6.34. The number of nitrogens with one attached hydrogen (secondary N) is 1. The number of nitrogens with two attached hydrogens (primary N) is 1. The minimum Gasteiger partial charge on any atom is -0.399 e. The average molecular weight is 284 g/mol. The Hall–Kier alpha value is -1.30. The monoisotopic (exact) mass is 283 g/mol. The number of nitrogens with zero attached hydrogens (tertiary/aromatic N) is 1. The normalized spacial score (nSPS) is 20.2. The SMILES string of the molecule is Nc1ccc(NC(=O)CN2CCCC(O)C2)c(Cl)c1. The molecule has 1 unspecified atom stereocenters. The van der Waals surface area contributed by atoms with Gasteiger partial charge in [-0.1, -0.05) is 11.6 Å². The number of halogens is 1. The molecule has 1 aliphatic heterocycles. The summed E-state index contributed by atoms with van der Waals surface area (Å²) < 4.78 is 0. The summed E-state index contributed by atoms with van der Waals surface area (Å²) in [5, 5.41) is 12.7. The third-order valence-electron chi connectivity index (χ3n) is 3.12. The minimum atomic E-state index is -0.332. The number of piperidine rings is 1. The van der Waals surface area contributed by atoms with Crippen LogP contribution in [0.15, 0.2) is 18.2 Å². The fraction of sp³-hybridized carbons (Fsp3) is 0.462.